The zero-order chi connectivity index (χ0) is 19.0. The third-order valence-corrected chi connectivity index (χ3v) is 6.41. The highest BCUT2D eigenvalue weighted by molar-refractivity contribution is 7.18. The van der Waals surface area contributed by atoms with E-state index in [1.165, 1.54) is 42.4 Å². The smallest absolute Gasteiger partial charge is 0.261 e. The van der Waals surface area contributed by atoms with Gasteiger partial charge in [0, 0.05) is 23.7 Å². The number of benzene rings is 1. The quantitative estimate of drug-likeness (QED) is 0.698. The number of carbonyl (C=O) groups is 2. The molecule has 150 valence electrons. The molecule has 2 saturated heterocycles. The van der Waals surface area contributed by atoms with Crippen molar-refractivity contribution in [1.82, 2.24) is 10.6 Å². The van der Waals surface area contributed by atoms with Crippen LogP contribution in [0.3, 0.4) is 0 Å². The van der Waals surface area contributed by atoms with Gasteiger partial charge < -0.3 is 16.0 Å². The standard InChI is InChI=1S/C20H22FN3O2S.ClH/c1-11-7-17(24-19(25)12-3-2-4-13(21)8-12)27-18(11)20(26)23-16-9-14-5-6-15(10-16)22-14;/h2-4,7-8,14-16,22H,5-6,9-10H2,1H3,(H,23,26)(H,24,25);1H. The molecule has 1 aromatic heterocycles. The highest BCUT2D eigenvalue weighted by atomic mass is 35.5. The van der Waals surface area contributed by atoms with E-state index in [4.69, 9.17) is 0 Å². The summed E-state index contributed by atoms with van der Waals surface area (Å²) in [5.74, 6) is -0.936. The SMILES string of the molecule is Cc1cc(NC(=O)c2cccc(F)c2)sc1C(=O)NC1CC2CCC(C1)N2.Cl. The van der Waals surface area contributed by atoms with Gasteiger partial charge in [-0.2, -0.15) is 0 Å². The molecule has 2 aliphatic heterocycles. The number of nitrogens with one attached hydrogen (secondary N) is 3. The van der Waals surface area contributed by atoms with Crippen LogP contribution >= 0.6 is 23.7 Å². The predicted molar refractivity (Wildman–Crippen MR) is 111 cm³/mol. The summed E-state index contributed by atoms with van der Waals surface area (Å²) in [5, 5.41) is 10.1. The Morgan fingerprint density at radius 2 is 1.86 bits per heavy atom. The number of hydrogen-bond acceptors (Lipinski definition) is 4. The molecule has 2 aliphatic rings. The molecule has 2 aromatic rings. The Labute approximate surface area is 173 Å². The van der Waals surface area contributed by atoms with Crippen molar-refractivity contribution in [2.75, 3.05) is 5.32 Å². The maximum atomic E-state index is 13.3. The van der Waals surface area contributed by atoms with Crippen LogP contribution in [0.5, 0.6) is 0 Å². The largest absolute Gasteiger partial charge is 0.348 e. The Kier molecular flexibility index (Phi) is 6.37. The molecule has 3 heterocycles. The van der Waals surface area contributed by atoms with Gasteiger partial charge in [-0.15, -0.1) is 23.7 Å². The molecule has 2 atom stereocenters. The van der Waals surface area contributed by atoms with E-state index in [-0.39, 0.29) is 29.9 Å². The Hall–Kier alpha value is -1.96. The Morgan fingerprint density at radius 3 is 2.54 bits per heavy atom. The molecule has 28 heavy (non-hydrogen) atoms. The molecule has 0 spiro atoms. The molecule has 4 rings (SSSR count). The van der Waals surface area contributed by atoms with Crippen molar-refractivity contribution in [2.45, 2.75) is 50.7 Å². The van der Waals surface area contributed by atoms with E-state index in [0.29, 0.717) is 22.0 Å². The second-order valence-electron chi connectivity index (χ2n) is 7.37. The first-order valence-corrected chi connectivity index (χ1v) is 10.0. The summed E-state index contributed by atoms with van der Waals surface area (Å²) in [5.41, 5.74) is 1.07. The summed E-state index contributed by atoms with van der Waals surface area (Å²) >= 11 is 1.25. The Bertz CT molecular complexity index is 876. The lowest BCUT2D eigenvalue weighted by Crippen LogP contribution is -2.47. The van der Waals surface area contributed by atoms with Gasteiger partial charge in [-0.05, 0) is 62.4 Å². The summed E-state index contributed by atoms with van der Waals surface area (Å²) in [6.07, 6.45) is 4.31. The van der Waals surface area contributed by atoms with Crippen LogP contribution in [0.15, 0.2) is 30.3 Å². The van der Waals surface area contributed by atoms with Crippen LogP contribution in [0.25, 0.3) is 0 Å². The van der Waals surface area contributed by atoms with Crippen molar-refractivity contribution in [2.24, 2.45) is 0 Å². The molecule has 1 aromatic carbocycles. The van der Waals surface area contributed by atoms with Crippen molar-refractivity contribution in [3.8, 4) is 0 Å². The Morgan fingerprint density at radius 1 is 1.14 bits per heavy atom. The minimum Gasteiger partial charge on any atom is -0.348 e. The van der Waals surface area contributed by atoms with Crippen LogP contribution in [-0.4, -0.2) is 29.9 Å². The van der Waals surface area contributed by atoms with E-state index in [0.717, 1.165) is 18.4 Å². The first-order valence-electron chi connectivity index (χ1n) is 9.22. The van der Waals surface area contributed by atoms with Gasteiger partial charge in [-0.1, -0.05) is 6.07 Å². The van der Waals surface area contributed by atoms with Crippen LogP contribution in [0, 0.1) is 12.7 Å². The second-order valence-corrected chi connectivity index (χ2v) is 8.42. The third-order valence-electron chi connectivity index (χ3n) is 5.26. The fourth-order valence-electron chi connectivity index (χ4n) is 4.01. The monoisotopic (exact) mass is 423 g/mol. The molecule has 2 fully saturated rings. The lowest BCUT2D eigenvalue weighted by Gasteiger charge is -2.29. The normalized spacial score (nSPS) is 23.0. The van der Waals surface area contributed by atoms with Crippen molar-refractivity contribution in [1.29, 1.82) is 0 Å². The highest BCUT2D eigenvalue weighted by Crippen LogP contribution is 2.29. The van der Waals surface area contributed by atoms with E-state index in [9.17, 15) is 14.0 Å². The van der Waals surface area contributed by atoms with Gasteiger partial charge in [0.1, 0.15) is 5.82 Å². The number of carbonyl (C=O) groups excluding carboxylic acids is 2. The van der Waals surface area contributed by atoms with Crippen LogP contribution in [0.1, 0.15) is 51.3 Å². The van der Waals surface area contributed by atoms with E-state index in [1.807, 2.05) is 6.92 Å². The molecule has 8 heteroatoms. The van der Waals surface area contributed by atoms with Gasteiger partial charge in [0.25, 0.3) is 11.8 Å². The Balaban J connectivity index is 0.00000225. The lowest BCUT2D eigenvalue weighted by atomic mass is 10.00. The minimum absolute atomic E-state index is 0. The van der Waals surface area contributed by atoms with Crippen molar-refractivity contribution in [3.05, 3.63) is 52.2 Å². The number of amides is 2. The molecule has 3 N–H and O–H groups in total. The van der Waals surface area contributed by atoms with Gasteiger partial charge >= 0.3 is 0 Å². The van der Waals surface area contributed by atoms with Crippen LogP contribution in [0.2, 0.25) is 0 Å². The number of rotatable bonds is 4. The van der Waals surface area contributed by atoms with Gasteiger partial charge in [0.15, 0.2) is 0 Å². The highest BCUT2D eigenvalue weighted by Gasteiger charge is 2.34. The van der Waals surface area contributed by atoms with Gasteiger partial charge in [-0.3, -0.25) is 9.59 Å². The summed E-state index contributed by atoms with van der Waals surface area (Å²) in [4.78, 5) is 25.6. The number of anilines is 1. The topological polar surface area (TPSA) is 70.2 Å². The predicted octanol–water partition coefficient (Wildman–Crippen LogP) is 3.88. The number of fused-ring (bicyclic) bond motifs is 2. The fraction of sp³-hybridized carbons (Fsp3) is 0.400. The molecule has 0 radical (unpaired) electrons. The summed E-state index contributed by atoms with van der Waals surface area (Å²) in [6, 6.07) is 8.54. The van der Waals surface area contributed by atoms with Gasteiger partial charge in [0.05, 0.1) is 9.88 Å². The average molecular weight is 424 g/mol. The van der Waals surface area contributed by atoms with E-state index in [2.05, 4.69) is 16.0 Å². The molecule has 5 nitrogen and oxygen atoms in total. The number of piperidine rings is 1. The van der Waals surface area contributed by atoms with Gasteiger partial charge in [-0.25, -0.2) is 4.39 Å². The molecule has 0 saturated carbocycles. The molecular formula is C20H23ClFN3O2S. The molecule has 2 unspecified atom stereocenters. The number of aryl methyl sites for hydroxylation is 1. The second kappa shape index (κ2) is 8.59. The maximum Gasteiger partial charge on any atom is 0.261 e. The molecule has 2 amide bonds. The lowest BCUT2D eigenvalue weighted by molar-refractivity contribution is 0.0926. The summed E-state index contributed by atoms with van der Waals surface area (Å²) in [6.45, 7) is 1.86. The number of halogens is 2. The van der Waals surface area contributed by atoms with E-state index in [1.54, 1.807) is 12.1 Å². The summed E-state index contributed by atoms with van der Waals surface area (Å²) in [7, 11) is 0. The van der Waals surface area contributed by atoms with E-state index < -0.39 is 11.7 Å². The first-order chi connectivity index (χ1) is 13.0. The average Bonchev–Trinajstić information content (AvgIpc) is 3.16. The zero-order valence-corrected chi connectivity index (χ0v) is 17.1. The fourth-order valence-corrected chi connectivity index (χ4v) is 4.98. The van der Waals surface area contributed by atoms with Gasteiger partial charge in [0.2, 0.25) is 0 Å². The zero-order valence-electron chi connectivity index (χ0n) is 15.5. The molecule has 2 bridgehead atoms. The molecular weight excluding hydrogens is 401 g/mol. The number of thiophene rings is 1. The number of hydrogen-bond donors (Lipinski definition) is 3. The molecule has 0 aliphatic carbocycles. The van der Waals surface area contributed by atoms with Crippen LogP contribution in [-0.2, 0) is 0 Å². The van der Waals surface area contributed by atoms with Crippen molar-refractivity contribution < 1.29 is 14.0 Å². The van der Waals surface area contributed by atoms with E-state index >= 15 is 0 Å². The van der Waals surface area contributed by atoms with Crippen molar-refractivity contribution >= 4 is 40.6 Å². The van der Waals surface area contributed by atoms with Crippen molar-refractivity contribution in [3.63, 3.8) is 0 Å². The van der Waals surface area contributed by atoms with Crippen LogP contribution in [0.4, 0.5) is 9.39 Å². The maximum absolute atomic E-state index is 13.3. The minimum atomic E-state index is -0.457. The first kappa shape index (κ1) is 20.8. The van der Waals surface area contributed by atoms with Crippen LogP contribution < -0.4 is 16.0 Å². The summed E-state index contributed by atoms with van der Waals surface area (Å²) < 4.78 is 13.3. The third kappa shape index (κ3) is 4.54.